The van der Waals surface area contributed by atoms with Gasteiger partial charge in [0.25, 0.3) is 0 Å². The average Bonchev–Trinajstić information content (AvgIpc) is 3.23. The number of nitrogens with one attached hydrogen (secondary N) is 2. The SMILES string of the molecule is CCNC(=NCc1ccc(N2CCN(CC)CC2)nc1)NCC(C)(O)c1ccc(C)o1. The predicted octanol–water partition coefficient (Wildman–Crippen LogP) is 2.09. The summed E-state index contributed by atoms with van der Waals surface area (Å²) in [6.07, 6.45) is 1.90. The van der Waals surface area contributed by atoms with Crippen molar-refractivity contribution in [1.82, 2.24) is 20.5 Å². The summed E-state index contributed by atoms with van der Waals surface area (Å²) in [6, 6.07) is 7.82. The van der Waals surface area contributed by atoms with Crippen molar-refractivity contribution in [2.75, 3.05) is 50.7 Å². The molecule has 0 aromatic carbocycles. The van der Waals surface area contributed by atoms with E-state index in [9.17, 15) is 5.11 Å². The lowest BCUT2D eigenvalue weighted by Crippen LogP contribution is -2.46. The zero-order valence-electron chi connectivity index (χ0n) is 19.2. The van der Waals surface area contributed by atoms with Crippen LogP contribution in [-0.4, -0.2) is 66.8 Å². The van der Waals surface area contributed by atoms with Crippen LogP contribution in [0, 0.1) is 6.92 Å². The summed E-state index contributed by atoms with van der Waals surface area (Å²) in [6.45, 7) is 14.6. The van der Waals surface area contributed by atoms with Crippen molar-refractivity contribution in [3.05, 3.63) is 47.5 Å². The van der Waals surface area contributed by atoms with Crippen molar-refractivity contribution < 1.29 is 9.52 Å². The highest BCUT2D eigenvalue weighted by atomic mass is 16.4. The van der Waals surface area contributed by atoms with E-state index >= 15 is 0 Å². The number of anilines is 1. The first-order valence-electron chi connectivity index (χ1n) is 11.1. The molecule has 0 aliphatic carbocycles. The van der Waals surface area contributed by atoms with Gasteiger partial charge in [0.15, 0.2) is 5.96 Å². The van der Waals surface area contributed by atoms with E-state index in [1.54, 1.807) is 13.0 Å². The van der Waals surface area contributed by atoms with E-state index in [-0.39, 0.29) is 6.54 Å². The molecule has 1 aliphatic heterocycles. The largest absolute Gasteiger partial charge is 0.463 e. The van der Waals surface area contributed by atoms with Gasteiger partial charge in [-0.15, -0.1) is 0 Å². The second-order valence-electron chi connectivity index (χ2n) is 8.18. The molecule has 2 aromatic rings. The number of aliphatic hydroxyl groups is 1. The second kappa shape index (κ2) is 10.6. The maximum Gasteiger partial charge on any atom is 0.191 e. The molecule has 0 spiro atoms. The first-order chi connectivity index (χ1) is 14.9. The molecule has 1 fully saturated rings. The molecule has 1 atom stereocenters. The van der Waals surface area contributed by atoms with Crippen LogP contribution in [0.1, 0.15) is 37.9 Å². The number of nitrogens with zero attached hydrogens (tertiary/aromatic N) is 4. The molecule has 3 rings (SSSR count). The quantitative estimate of drug-likeness (QED) is 0.438. The molecule has 0 bridgehead atoms. The van der Waals surface area contributed by atoms with Crippen molar-refractivity contribution in [2.24, 2.45) is 4.99 Å². The Hall–Kier alpha value is -2.58. The molecule has 0 amide bonds. The van der Waals surface area contributed by atoms with Gasteiger partial charge >= 0.3 is 0 Å². The van der Waals surface area contributed by atoms with Crippen LogP contribution in [0.4, 0.5) is 5.82 Å². The molecule has 1 saturated heterocycles. The fourth-order valence-electron chi connectivity index (χ4n) is 3.57. The summed E-state index contributed by atoms with van der Waals surface area (Å²) in [5.41, 5.74) is -0.0864. The third kappa shape index (κ3) is 6.45. The molecule has 8 heteroatoms. The van der Waals surface area contributed by atoms with Crippen LogP contribution < -0.4 is 15.5 Å². The van der Waals surface area contributed by atoms with Gasteiger partial charge in [-0.1, -0.05) is 13.0 Å². The van der Waals surface area contributed by atoms with Crippen LogP contribution in [-0.2, 0) is 12.1 Å². The van der Waals surface area contributed by atoms with Crippen LogP contribution in [0.5, 0.6) is 0 Å². The number of likely N-dealkylation sites (N-methyl/N-ethyl adjacent to an activating group) is 1. The van der Waals surface area contributed by atoms with Crippen LogP contribution in [0.25, 0.3) is 0 Å². The van der Waals surface area contributed by atoms with Gasteiger partial charge in [-0.05, 0) is 51.1 Å². The molecule has 8 nitrogen and oxygen atoms in total. The number of furan rings is 1. The van der Waals surface area contributed by atoms with E-state index in [0.29, 0.717) is 18.3 Å². The molecule has 31 heavy (non-hydrogen) atoms. The molecule has 170 valence electrons. The van der Waals surface area contributed by atoms with Crippen molar-refractivity contribution in [3.8, 4) is 0 Å². The van der Waals surface area contributed by atoms with Gasteiger partial charge < -0.3 is 30.0 Å². The van der Waals surface area contributed by atoms with Crippen LogP contribution >= 0.6 is 0 Å². The summed E-state index contributed by atoms with van der Waals surface area (Å²) in [4.78, 5) is 14.1. The van der Waals surface area contributed by atoms with Gasteiger partial charge in [0.2, 0.25) is 0 Å². The molecule has 1 unspecified atom stereocenters. The summed E-state index contributed by atoms with van der Waals surface area (Å²) in [5.74, 6) is 2.98. The molecule has 2 aromatic heterocycles. The summed E-state index contributed by atoms with van der Waals surface area (Å²) >= 11 is 0. The van der Waals surface area contributed by atoms with E-state index in [1.807, 2.05) is 26.1 Å². The standard InChI is InChI=1S/C23H36N6O2/c1-5-24-22(27-17-23(4,30)20-9-7-18(3)31-20)26-16-19-8-10-21(25-15-19)29-13-11-28(6-2)12-14-29/h7-10,15,30H,5-6,11-14,16-17H2,1-4H3,(H2,24,26,27). The number of aliphatic imine (C=N–C) groups is 1. The first-order valence-corrected chi connectivity index (χ1v) is 11.1. The Morgan fingerprint density at radius 3 is 2.52 bits per heavy atom. The monoisotopic (exact) mass is 428 g/mol. The third-order valence-corrected chi connectivity index (χ3v) is 5.59. The lowest BCUT2D eigenvalue weighted by atomic mass is 10.0. The number of rotatable bonds is 8. The highest BCUT2D eigenvalue weighted by molar-refractivity contribution is 5.79. The van der Waals surface area contributed by atoms with Crippen molar-refractivity contribution in [1.29, 1.82) is 0 Å². The molecular weight excluding hydrogens is 392 g/mol. The number of aromatic nitrogens is 1. The minimum Gasteiger partial charge on any atom is -0.463 e. The smallest absolute Gasteiger partial charge is 0.191 e. The Morgan fingerprint density at radius 2 is 1.94 bits per heavy atom. The van der Waals surface area contributed by atoms with Gasteiger partial charge in [0, 0.05) is 38.9 Å². The Kier molecular flexibility index (Phi) is 7.92. The highest BCUT2D eigenvalue weighted by Gasteiger charge is 2.27. The van der Waals surface area contributed by atoms with Crippen LogP contribution in [0.2, 0.25) is 0 Å². The normalized spacial score (nSPS) is 17.5. The number of guanidine groups is 1. The number of aryl methyl sites for hydroxylation is 1. The van der Waals surface area contributed by atoms with Gasteiger partial charge in [-0.3, -0.25) is 0 Å². The van der Waals surface area contributed by atoms with E-state index in [1.165, 1.54) is 0 Å². The minimum absolute atomic E-state index is 0.284. The van der Waals surface area contributed by atoms with Crippen LogP contribution in [0.3, 0.4) is 0 Å². The molecule has 0 saturated carbocycles. The average molecular weight is 429 g/mol. The zero-order chi connectivity index (χ0) is 22.3. The van der Waals surface area contributed by atoms with Crippen molar-refractivity contribution >= 4 is 11.8 Å². The van der Waals surface area contributed by atoms with Gasteiger partial charge in [0.05, 0.1) is 13.1 Å². The Bertz CT molecular complexity index is 838. The maximum atomic E-state index is 10.7. The number of pyridine rings is 1. The number of hydrogen-bond acceptors (Lipinski definition) is 6. The van der Waals surface area contributed by atoms with E-state index in [0.717, 1.165) is 56.4 Å². The number of hydrogen-bond donors (Lipinski definition) is 3. The van der Waals surface area contributed by atoms with Crippen molar-refractivity contribution in [2.45, 2.75) is 39.8 Å². The molecule has 3 heterocycles. The minimum atomic E-state index is -1.13. The second-order valence-corrected chi connectivity index (χ2v) is 8.18. The molecule has 0 radical (unpaired) electrons. The van der Waals surface area contributed by atoms with Crippen LogP contribution in [0.15, 0.2) is 39.9 Å². The number of piperazine rings is 1. The van der Waals surface area contributed by atoms with Gasteiger partial charge in [-0.2, -0.15) is 0 Å². The topological polar surface area (TPSA) is 89.2 Å². The predicted molar refractivity (Wildman–Crippen MR) is 124 cm³/mol. The van der Waals surface area contributed by atoms with Crippen molar-refractivity contribution in [3.63, 3.8) is 0 Å². The van der Waals surface area contributed by atoms with E-state index in [4.69, 9.17) is 4.42 Å². The Morgan fingerprint density at radius 1 is 1.16 bits per heavy atom. The van der Waals surface area contributed by atoms with E-state index in [2.05, 4.69) is 49.5 Å². The lowest BCUT2D eigenvalue weighted by Gasteiger charge is -2.34. The first kappa shape index (κ1) is 23.1. The summed E-state index contributed by atoms with van der Waals surface area (Å²) in [5, 5.41) is 17.2. The Balaban J connectivity index is 1.56. The molecule has 3 N–H and O–H groups in total. The third-order valence-electron chi connectivity index (χ3n) is 5.59. The van der Waals surface area contributed by atoms with Gasteiger partial charge in [0.1, 0.15) is 22.9 Å². The maximum absolute atomic E-state index is 10.7. The fraction of sp³-hybridized carbons (Fsp3) is 0.565. The van der Waals surface area contributed by atoms with E-state index < -0.39 is 5.60 Å². The molecule has 1 aliphatic rings. The lowest BCUT2D eigenvalue weighted by molar-refractivity contribution is 0.0378. The highest BCUT2D eigenvalue weighted by Crippen LogP contribution is 2.22. The summed E-state index contributed by atoms with van der Waals surface area (Å²) < 4.78 is 5.58. The summed E-state index contributed by atoms with van der Waals surface area (Å²) in [7, 11) is 0. The zero-order valence-corrected chi connectivity index (χ0v) is 19.2. The fourth-order valence-corrected chi connectivity index (χ4v) is 3.57. The van der Waals surface area contributed by atoms with Gasteiger partial charge in [-0.25, -0.2) is 9.98 Å². The Labute approximate surface area is 185 Å². The molecular formula is C23H36N6O2.